The quantitative estimate of drug-likeness (QED) is 0.289. The highest BCUT2D eigenvalue weighted by molar-refractivity contribution is 5.51. The SMILES string of the molecule is C=C(/C=C\C(=C)C(=C)/C(F)=C(/F)C(=C)OCC)COc1ccc(/C=C/C)c(F)c1. The predicted octanol–water partition coefficient (Wildman–Crippen LogP) is 7.16. The molecule has 0 unspecified atom stereocenters. The highest BCUT2D eigenvalue weighted by atomic mass is 19.2. The lowest BCUT2D eigenvalue weighted by Gasteiger charge is -2.09. The van der Waals surface area contributed by atoms with E-state index in [-0.39, 0.29) is 24.4 Å². The summed E-state index contributed by atoms with van der Waals surface area (Å²) in [5.41, 5.74) is 0.878. The van der Waals surface area contributed by atoms with Gasteiger partial charge in [-0.1, -0.05) is 50.6 Å². The maximum atomic E-state index is 14.1. The fraction of sp³-hybridized carbons (Fsp3) is 0.167. The van der Waals surface area contributed by atoms with Crippen molar-refractivity contribution in [3.8, 4) is 5.75 Å². The number of rotatable bonds is 11. The molecule has 0 amide bonds. The van der Waals surface area contributed by atoms with Gasteiger partial charge in [0.05, 0.1) is 6.61 Å². The van der Waals surface area contributed by atoms with Gasteiger partial charge in [-0.15, -0.1) is 0 Å². The first-order valence-corrected chi connectivity index (χ1v) is 8.88. The van der Waals surface area contributed by atoms with Crippen LogP contribution in [0.25, 0.3) is 6.08 Å². The van der Waals surface area contributed by atoms with Gasteiger partial charge in [-0.05, 0) is 37.1 Å². The van der Waals surface area contributed by atoms with Crippen molar-refractivity contribution in [1.82, 2.24) is 0 Å². The molecule has 29 heavy (non-hydrogen) atoms. The number of ether oxygens (including phenoxy) is 2. The van der Waals surface area contributed by atoms with Gasteiger partial charge in [-0.2, -0.15) is 4.39 Å². The van der Waals surface area contributed by atoms with Gasteiger partial charge < -0.3 is 9.47 Å². The van der Waals surface area contributed by atoms with Crippen molar-refractivity contribution in [3.05, 3.63) is 108 Å². The topological polar surface area (TPSA) is 18.5 Å². The van der Waals surface area contributed by atoms with Crippen molar-refractivity contribution in [2.24, 2.45) is 0 Å². The van der Waals surface area contributed by atoms with Crippen molar-refractivity contribution in [2.45, 2.75) is 13.8 Å². The molecule has 0 aliphatic rings. The lowest BCUT2D eigenvalue weighted by atomic mass is 10.1. The second-order valence-electron chi connectivity index (χ2n) is 5.95. The van der Waals surface area contributed by atoms with Crippen LogP contribution in [0, 0.1) is 5.82 Å². The number of hydrogen-bond acceptors (Lipinski definition) is 2. The summed E-state index contributed by atoms with van der Waals surface area (Å²) in [6.07, 6.45) is 6.35. The van der Waals surface area contributed by atoms with Crippen LogP contribution in [0.1, 0.15) is 19.4 Å². The summed E-state index contributed by atoms with van der Waals surface area (Å²) in [7, 11) is 0. The second kappa shape index (κ2) is 11.6. The molecule has 1 rings (SSSR count). The third-order valence-corrected chi connectivity index (χ3v) is 3.67. The standard InChI is InChI=1S/C24H25F3O2/c1-7-9-20-12-13-21(14-22(20)25)29-15-16(3)10-11-17(4)18(5)23(26)24(27)19(6)28-8-2/h7,9-14H,3-6,8,15H2,1-2H3/b9-7+,11-10-,24-23-. The van der Waals surface area contributed by atoms with Crippen molar-refractivity contribution in [2.75, 3.05) is 13.2 Å². The molecule has 0 radical (unpaired) electrons. The maximum absolute atomic E-state index is 14.1. The fourth-order valence-electron chi connectivity index (χ4n) is 2.09. The smallest absolute Gasteiger partial charge is 0.200 e. The van der Waals surface area contributed by atoms with Gasteiger partial charge in [0.15, 0.2) is 11.6 Å². The molecule has 0 heterocycles. The van der Waals surface area contributed by atoms with E-state index in [1.165, 1.54) is 18.2 Å². The number of hydrogen-bond donors (Lipinski definition) is 0. The molecule has 1 aromatic carbocycles. The van der Waals surface area contributed by atoms with Crippen LogP contribution in [0.15, 0.2) is 96.9 Å². The van der Waals surface area contributed by atoms with E-state index in [0.29, 0.717) is 16.9 Å². The van der Waals surface area contributed by atoms with E-state index in [4.69, 9.17) is 9.47 Å². The molecule has 0 N–H and O–H groups in total. The normalized spacial score (nSPS) is 12.0. The van der Waals surface area contributed by atoms with Gasteiger partial charge in [-0.3, -0.25) is 0 Å². The molecule has 154 valence electrons. The number of benzene rings is 1. The molecule has 0 aliphatic carbocycles. The zero-order valence-corrected chi connectivity index (χ0v) is 16.7. The molecule has 0 fully saturated rings. The van der Waals surface area contributed by atoms with Gasteiger partial charge in [0.25, 0.3) is 0 Å². The van der Waals surface area contributed by atoms with Crippen LogP contribution in [-0.4, -0.2) is 13.2 Å². The molecule has 1 aromatic rings. The Bertz CT molecular complexity index is 889. The van der Waals surface area contributed by atoms with Crippen molar-refractivity contribution in [3.63, 3.8) is 0 Å². The Morgan fingerprint density at radius 1 is 1.07 bits per heavy atom. The Hall–Kier alpha value is -3.21. The molecule has 0 saturated carbocycles. The van der Waals surface area contributed by atoms with Crippen molar-refractivity contribution >= 4 is 6.08 Å². The van der Waals surface area contributed by atoms with Crippen molar-refractivity contribution < 1.29 is 22.6 Å². The lowest BCUT2D eigenvalue weighted by molar-refractivity contribution is 0.224. The Kier molecular flexibility index (Phi) is 9.52. The Balaban J connectivity index is 2.68. The fourth-order valence-corrected chi connectivity index (χ4v) is 2.09. The summed E-state index contributed by atoms with van der Waals surface area (Å²) in [6.45, 7) is 17.9. The van der Waals surface area contributed by atoms with Gasteiger partial charge in [0, 0.05) is 17.2 Å². The first kappa shape index (κ1) is 23.8. The summed E-state index contributed by atoms with van der Waals surface area (Å²) < 4.78 is 52.2. The Morgan fingerprint density at radius 3 is 2.34 bits per heavy atom. The minimum atomic E-state index is -1.23. The number of allylic oxidation sites excluding steroid dienone is 6. The molecule has 0 saturated heterocycles. The summed E-state index contributed by atoms with van der Waals surface area (Å²) in [5, 5.41) is 0. The molecule has 5 heteroatoms. The average Bonchev–Trinajstić information content (AvgIpc) is 2.70. The van der Waals surface area contributed by atoms with Gasteiger partial charge >= 0.3 is 0 Å². The second-order valence-corrected chi connectivity index (χ2v) is 5.95. The van der Waals surface area contributed by atoms with Crippen LogP contribution < -0.4 is 4.74 Å². The summed E-state index contributed by atoms with van der Waals surface area (Å²) >= 11 is 0. The molecule has 0 atom stereocenters. The predicted molar refractivity (Wildman–Crippen MR) is 113 cm³/mol. The Labute approximate surface area is 170 Å². The molecule has 0 aliphatic heterocycles. The van der Waals surface area contributed by atoms with Crippen LogP contribution in [0.2, 0.25) is 0 Å². The first-order chi connectivity index (χ1) is 13.7. The molecule has 0 spiro atoms. The van der Waals surface area contributed by atoms with Gasteiger partial charge in [-0.25, -0.2) is 8.78 Å². The van der Waals surface area contributed by atoms with E-state index in [2.05, 4.69) is 26.3 Å². The molecular weight excluding hydrogens is 377 g/mol. The van der Waals surface area contributed by atoms with Crippen LogP contribution in [0.5, 0.6) is 5.75 Å². The third-order valence-electron chi connectivity index (χ3n) is 3.67. The summed E-state index contributed by atoms with van der Waals surface area (Å²) in [5.74, 6) is -2.88. The Morgan fingerprint density at radius 2 is 1.76 bits per heavy atom. The molecule has 0 bridgehead atoms. The highest BCUT2D eigenvalue weighted by Gasteiger charge is 2.15. The van der Waals surface area contributed by atoms with Crippen LogP contribution in [-0.2, 0) is 4.74 Å². The van der Waals surface area contributed by atoms with Crippen molar-refractivity contribution in [1.29, 1.82) is 0 Å². The van der Waals surface area contributed by atoms with E-state index in [1.54, 1.807) is 38.1 Å². The average molecular weight is 402 g/mol. The lowest BCUT2D eigenvalue weighted by Crippen LogP contribution is -1.99. The van der Waals surface area contributed by atoms with Crippen LogP contribution in [0.4, 0.5) is 13.2 Å². The van der Waals surface area contributed by atoms with Gasteiger partial charge in [0.2, 0.25) is 5.83 Å². The zero-order chi connectivity index (χ0) is 22.0. The maximum Gasteiger partial charge on any atom is 0.200 e. The zero-order valence-electron chi connectivity index (χ0n) is 16.7. The molecule has 2 nitrogen and oxygen atoms in total. The van der Waals surface area contributed by atoms with E-state index in [0.717, 1.165) is 0 Å². The van der Waals surface area contributed by atoms with E-state index >= 15 is 0 Å². The van der Waals surface area contributed by atoms with E-state index in [9.17, 15) is 13.2 Å². The van der Waals surface area contributed by atoms with Gasteiger partial charge in [0.1, 0.15) is 18.2 Å². The van der Waals surface area contributed by atoms with E-state index < -0.39 is 23.2 Å². The monoisotopic (exact) mass is 402 g/mol. The molecular formula is C24H25F3O2. The summed E-state index contributed by atoms with van der Waals surface area (Å²) in [6, 6.07) is 4.53. The summed E-state index contributed by atoms with van der Waals surface area (Å²) in [4.78, 5) is 0. The minimum absolute atomic E-state index is 0.0759. The highest BCUT2D eigenvalue weighted by Crippen LogP contribution is 2.27. The van der Waals surface area contributed by atoms with E-state index in [1.807, 2.05) is 0 Å². The minimum Gasteiger partial charge on any atom is -0.491 e. The van der Waals surface area contributed by atoms with Crippen LogP contribution in [0.3, 0.4) is 0 Å². The van der Waals surface area contributed by atoms with Crippen LogP contribution >= 0.6 is 0 Å². The first-order valence-electron chi connectivity index (χ1n) is 8.88. The third kappa shape index (κ3) is 7.37. The largest absolute Gasteiger partial charge is 0.491 e. The molecule has 0 aromatic heterocycles. The number of halogens is 3.